The summed E-state index contributed by atoms with van der Waals surface area (Å²) in [5.41, 5.74) is 9.91. The third kappa shape index (κ3) is 2.08. The van der Waals surface area contributed by atoms with Crippen LogP contribution in [-0.4, -0.2) is 11.7 Å². The van der Waals surface area contributed by atoms with E-state index >= 15 is 0 Å². The van der Waals surface area contributed by atoms with E-state index in [1.54, 1.807) is 0 Å². The third-order valence-corrected chi connectivity index (χ3v) is 2.43. The number of rotatable bonds is 2. The van der Waals surface area contributed by atoms with E-state index in [4.69, 9.17) is 5.73 Å². The van der Waals surface area contributed by atoms with Crippen molar-refractivity contribution in [1.82, 2.24) is 0 Å². The highest BCUT2D eigenvalue weighted by Crippen LogP contribution is 2.21. The summed E-state index contributed by atoms with van der Waals surface area (Å²) in [5, 5.41) is 9.63. The van der Waals surface area contributed by atoms with Crippen LogP contribution in [0.4, 0.5) is 0 Å². The first-order valence-corrected chi connectivity index (χ1v) is 4.52. The van der Waals surface area contributed by atoms with Crippen LogP contribution >= 0.6 is 0 Å². The Labute approximate surface area is 79.4 Å². The average molecular weight is 179 g/mol. The molecular formula is C11H17NO. The fourth-order valence-corrected chi connectivity index (χ4v) is 1.55. The van der Waals surface area contributed by atoms with E-state index in [1.165, 1.54) is 11.1 Å². The van der Waals surface area contributed by atoms with Gasteiger partial charge in [0, 0.05) is 6.54 Å². The molecule has 0 aliphatic rings. The maximum absolute atomic E-state index is 9.63. The molecule has 72 valence electrons. The van der Waals surface area contributed by atoms with Crippen molar-refractivity contribution in [2.75, 3.05) is 6.54 Å². The van der Waals surface area contributed by atoms with Crippen LogP contribution in [0.3, 0.4) is 0 Å². The van der Waals surface area contributed by atoms with Crippen molar-refractivity contribution >= 4 is 0 Å². The zero-order valence-corrected chi connectivity index (χ0v) is 8.46. The summed E-state index contributed by atoms with van der Waals surface area (Å²) >= 11 is 0. The molecule has 0 aromatic heterocycles. The molecule has 2 heteroatoms. The standard InChI is InChI=1S/C11H17NO/c1-7-4-8(2)9(3)10(5-7)11(13)6-12/h4-5,11,13H,6,12H2,1-3H3. The predicted octanol–water partition coefficient (Wildman–Crippen LogP) is 1.60. The van der Waals surface area contributed by atoms with Crippen LogP contribution in [0.25, 0.3) is 0 Å². The third-order valence-electron chi connectivity index (χ3n) is 2.43. The van der Waals surface area contributed by atoms with Crippen molar-refractivity contribution in [3.05, 3.63) is 34.4 Å². The van der Waals surface area contributed by atoms with Gasteiger partial charge in [-0.25, -0.2) is 0 Å². The summed E-state index contributed by atoms with van der Waals surface area (Å²) < 4.78 is 0. The molecular weight excluding hydrogens is 162 g/mol. The Morgan fingerprint density at radius 3 is 2.46 bits per heavy atom. The molecule has 0 bridgehead atoms. The van der Waals surface area contributed by atoms with E-state index in [1.807, 2.05) is 19.9 Å². The van der Waals surface area contributed by atoms with Crippen molar-refractivity contribution in [1.29, 1.82) is 0 Å². The summed E-state index contributed by atoms with van der Waals surface area (Å²) in [6.45, 7) is 6.38. The first-order valence-electron chi connectivity index (χ1n) is 4.52. The van der Waals surface area contributed by atoms with Gasteiger partial charge in [0.15, 0.2) is 0 Å². The van der Waals surface area contributed by atoms with Gasteiger partial charge in [-0.1, -0.05) is 17.7 Å². The molecule has 0 amide bonds. The Hall–Kier alpha value is -0.860. The second-order valence-corrected chi connectivity index (χ2v) is 3.55. The van der Waals surface area contributed by atoms with E-state index < -0.39 is 6.10 Å². The summed E-state index contributed by atoms with van der Waals surface area (Å²) in [6, 6.07) is 4.11. The van der Waals surface area contributed by atoms with Gasteiger partial charge in [-0.15, -0.1) is 0 Å². The quantitative estimate of drug-likeness (QED) is 0.724. The van der Waals surface area contributed by atoms with Crippen molar-refractivity contribution in [2.45, 2.75) is 26.9 Å². The highest BCUT2D eigenvalue weighted by Gasteiger charge is 2.10. The minimum absolute atomic E-state index is 0.281. The van der Waals surface area contributed by atoms with Crippen molar-refractivity contribution < 1.29 is 5.11 Å². The van der Waals surface area contributed by atoms with Crippen molar-refractivity contribution in [3.63, 3.8) is 0 Å². The maximum Gasteiger partial charge on any atom is 0.0914 e. The molecule has 0 saturated carbocycles. The van der Waals surface area contributed by atoms with Gasteiger partial charge in [-0.3, -0.25) is 0 Å². The molecule has 0 fully saturated rings. The fourth-order valence-electron chi connectivity index (χ4n) is 1.55. The van der Waals surface area contributed by atoms with E-state index in [9.17, 15) is 5.11 Å². The fraction of sp³-hybridized carbons (Fsp3) is 0.455. The van der Waals surface area contributed by atoms with Gasteiger partial charge in [0.1, 0.15) is 0 Å². The van der Waals surface area contributed by atoms with Gasteiger partial charge in [0.25, 0.3) is 0 Å². The molecule has 0 aliphatic heterocycles. The number of aliphatic hydroxyl groups is 1. The second-order valence-electron chi connectivity index (χ2n) is 3.55. The largest absolute Gasteiger partial charge is 0.387 e. The molecule has 2 nitrogen and oxygen atoms in total. The molecule has 1 aromatic rings. The van der Waals surface area contributed by atoms with Crippen LogP contribution in [-0.2, 0) is 0 Å². The lowest BCUT2D eigenvalue weighted by Crippen LogP contribution is -2.13. The molecule has 0 aliphatic carbocycles. The lowest BCUT2D eigenvalue weighted by Gasteiger charge is -2.14. The van der Waals surface area contributed by atoms with Gasteiger partial charge < -0.3 is 10.8 Å². The molecule has 1 atom stereocenters. The summed E-state index contributed by atoms with van der Waals surface area (Å²) in [5.74, 6) is 0. The molecule has 0 radical (unpaired) electrons. The van der Waals surface area contributed by atoms with Crippen LogP contribution < -0.4 is 5.73 Å². The first-order chi connectivity index (χ1) is 6.06. The van der Waals surface area contributed by atoms with Crippen LogP contribution in [0, 0.1) is 20.8 Å². The lowest BCUT2D eigenvalue weighted by molar-refractivity contribution is 0.186. The van der Waals surface area contributed by atoms with Crippen LogP contribution in [0.1, 0.15) is 28.4 Å². The Bertz CT molecular complexity index is 307. The molecule has 1 rings (SSSR count). The van der Waals surface area contributed by atoms with Gasteiger partial charge in [0.2, 0.25) is 0 Å². The monoisotopic (exact) mass is 179 g/mol. The summed E-state index contributed by atoms with van der Waals surface area (Å²) in [7, 11) is 0. The highest BCUT2D eigenvalue weighted by molar-refractivity contribution is 5.38. The highest BCUT2D eigenvalue weighted by atomic mass is 16.3. The van der Waals surface area contributed by atoms with Gasteiger partial charge in [0.05, 0.1) is 6.10 Å². The number of benzene rings is 1. The first kappa shape index (κ1) is 10.2. The number of nitrogens with two attached hydrogens (primary N) is 1. The van der Waals surface area contributed by atoms with Gasteiger partial charge >= 0.3 is 0 Å². The van der Waals surface area contributed by atoms with Gasteiger partial charge in [-0.05, 0) is 37.5 Å². The van der Waals surface area contributed by atoms with E-state index in [0.717, 1.165) is 11.1 Å². The number of hydrogen-bond acceptors (Lipinski definition) is 2. The molecule has 0 heterocycles. The predicted molar refractivity (Wildman–Crippen MR) is 54.7 cm³/mol. The molecule has 0 saturated heterocycles. The smallest absolute Gasteiger partial charge is 0.0914 e. The van der Waals surface area contributed by atoms with Crippen molar-refractivity contribution in [3.8, 4) is 0 Å². The lowest BCUT2D eigenvalue weighted by atomic mass is 9.96. The molecule has 1 aromatic carbocycles. The Morgan fingerprint density at radius 1 is 1.31 bits per heavy atom. The van der Waals surface area contributed by atoms with E-state index in [-0.39, 0.29) is 6.54 Å². The minimum atomic E-state index is -0.529. The van der Waals surface area contributed by atoms with Gasteiger partial charge in [-0.2, -0.15) is 0 Å². The van der Waals surface area contributed by atoms with Crippen LogP contribution in [0.5, 0.6) is 0 Å². The Balaban J connectivity index is 3.20. The number of aliphatic hydroxyl groups excluding tert-OH is 1. The van der Waals surface area contributed by atoms with Crippen molar-refractivity contribution in [2.24, 2.45) is 5.73 Å². The molecule has 0 spiro atoms. The minimum Gasteiger partial charge on any atom is -0.387 e. The Kier molecular flexibility index (Phi) is 3.07. The van der Waals surface area contributed by atoms with Crippen LogP contribution in [0.2, 0.25) is 0 Å². The van der Waals surface area contributed by atoms with E-state index in [0.29, 0.717) is 0 Å². The number of hydrogen-bond donors (Lipinski definition) is 2. The summed E-state index contributed by atoms with van der Waals surface area (Å²) in [4.78, 5) is 0. The SMILES string of the molecule is Cc1cc(C)c(C)c(C(O)CN)c1. The maximum atomic E-state index is 9.63. The zero-order chi connectivity index (χ0) is 10.0. The Morgan fingerprint density at radius 2 is 1.92 bits per heavy atom. The normalized spacial score (nSPS) is 13.0. The topological polar surface area (TPSA) is 46.2 Å². The molecule has 13 heavy (non-hydrogen) atoms. The van der Waals surface area contributed by atoms with E-state index in [2.05, 4.69) is 13.0 Å². The zero-order valence-electron chi connectivity index (χ0n) is 8.46. The average Bonchev–Trinajstić information content (AvgIpc) is 2.10. The van der Waals surface area contributed by atoms with Crippen LogP contribution in [0.15, 0.2) is 12.1 Å². The second kappa shape index (κ2) is 3.90. The number of aryl methyl sites for hydroxylation is 2. The summed E-state index contributed by atoms with van der Waals surface area (Å²) in [6.07, 6.45) is -0.529. The molecule has 1 unspecified atom stereocenters. The molecule has 3 N–H and O–H groups in total.